The number of nitrogens with one attached hydrogen (secondary N) is 5. The Hall–Kier alpha value is -5.92. The molecule has 0 saturated heterocycles. The number of unbranched alkanes of at least 4 members (excludes halogenated alkanes) is 1. The number of hydrogen-bond donors (Lipinski definition) is 7. The number of fused-ring (bicyclic) bond motifs is 1. The number of terminal acetylenes is 1. The van der Waals surface area contributed by atoms with E-state index in [0.717, 1.165) is 18.2 Å². The second kappa shape index (κ2) is 19.5. The number of rotatable bonds is 14. The minimum Gasteiger partial charge on any atom is -0.493 e. The molecule has 47 heavy (non-hydrogen) atoms. The second-order valence-corrected chi connectivity index (χ2v) is 9.77. The van der Waals surface area contributed by atoms with Gasteiger partial charge in [0.2, 0.25) is 23.6 Å². The number of aliphatic carboxylic acids is 1. The number of hydrogen-bond acceptors (Lipinski definition) is 12. The molecule has 0 bridgehead atoms. The Bertz CT molecular complexity index is 1450. The highest BCUT2D eigenvalue weighted by Gasteiger charge is 2.31. The molecule has 19 heteroatoms. The first-order valence-corrected chi connectivity index (χ1v) is 14.0. The minimum atomic E-state index is -1.50. The highest BCUT2D eigenvalue weighted by molar-refractivity contribution is 6.01. The van der Waals surface area contributed by atoms with E-state index in [1.165, 1.54) is 0 Å². The normalized spacial score (nSPS) is 18.1. The lowest BCUT2D eigenvalue weighted by molar-refractivity contribution is -0.384. The van der Waals surface area contributed by atoms with Gasteiger partial charge in [-0.1, -0.05) is 4.99 Å². The van der Waals surface area contributed by atoms with Gasteiger partial charge in [-0.25, -0.2) is 0 Å². The molecule has 3 unspecified atom stereocenters. The van der Waals surface area contributed by atoms with Gasteiger partial charge in [0.1, 0.15) is 23.9 Å². The third-order valence-electron chi connectivity index (χ3n) is 6.34. The Morgan fingerprint density at radius 1 is 1.13 bits per heavy atom. The SMILES string of the molecule is C#CC#COONCCCCC1NC(=O)C(CCC(=O)O)NC(=O)c2cc([N+](=O)[O-])ccc2OCCC(C(=O)NCC(N)=O)NC1=O. The van der Waals surface area contributed by atoms with Crippen molar-refractivity contribution >= 4 is 41.2 Å². The van der Waals surface area contributed by atoms with Crippen LogP contribution in [-0.4, -0.2) is 83.4 Å². The maximum Gasteiger partial charge on any atom is 0.303 e. The molecule has 1 aliphatic heterocycles. The Morgan fingerprint density at radius 3 is 2.53 bits per heavy atom. The minimum absolute atomic E-state index is 0.00222. The number of carbonyl (C=O) groups excluding carboxylic acids is 5. The second-order valence-electron chi connectivity index (χ2n) is 9.77. The Balaban J connectivity index is 2.38. The van der Waals surface area contributed by atoms with Crippen molar-refractivity contribution in [2.75, 3.05) is 19.7 Å². The predicted molar refractivity (Wildman–Crippen MR) is 158 cm³/mol. The zero-order valence-electron chi connectivity index (χ0n) is 24.9. The third kappa shape index (κ3) is 13.3. The van der Waals surface area contributed by atoms with Gasteiger partial charge in [-0.3, -0.25) is 43.8 Å². The van der Waals surface area contributed by atoms with E-state index in [2.05, 4.69) is 48.7 Å². The molecule has 0 radical (unpaired) electrons. The lowest BCUT2D eigenvalue weighted by Gasteiger charge is -2.26. The maximum absolute atomic E-state index is 13.4. The van der Waals surface area contributed by atoms with Crippen molar-refractivity contribution in [2.45, 2.75) is 56.7 Å². The summed E-state index contributed by atoms with van der Waals surface area (Å²) in [6.07, 6.45) is 6.49. The van der Waals surface area contributed by atoms with Crippen molar-refractivity contribution in [1.82, 2.24) is 26.7 Å². The molecular weight excluding hydrogens is 626 g/mol. The number of nitrogens with two attached hydrogens (primary N) is 1. The molecule has 1 aromatic rings. The van der Waals surface area contributed by atoms with E-state index in [-0.39, 0.29) is 43.7 Å². The number of hydroxylamine groups is 1. The van der Waals surface area contributed by atoms with Gasteiger partial charge in [0.25, 0.3) is 11.6 Å². The number of amides is 5. The number of primary amides is 1. The van der Waals surface area contributed by atoms with E-state index in [1.807, 2.05) is 5.92 Å². The quantitative estimate of drug-likeness (QED) is 0.0379. The molecule has 252 valence electrons. The molecule has 0 aliphatic carbocycles. The van der Waals surface area contributed by atoms with Gasteiger partial charge in [-0.05, 0) is 37.7 Å². The van der Waals surface area contributed by atoms with Crippen molar-refractivity contribution in [3.8, 4) is 30.1 Å². The van der Waals surface area contributed by atoms with Crippen molar-refractivity contribution in [3.05, 3.63) is 33.9 Å². The van der Waals surface area contributed by atoms with E-state index in [4.69, 9.17) is 16.9 Å². The Labute approximate surface area is 267 Å². The van der Waals surface area contributed by atoms with Crippen molar-refractivity contribution in [1.29, 1.82) is 0 Å². The van der Waals surface area contributed by atoms with Gasteiger partial charge in [-0.15, -0.1) is 6.42 Å². The van der Waals surface area contributed by atoms with Gasteiger partial charge in [0, 0.05) is 37.4 Å². The number of non-ortho nitro benzene ring substituents is 1. The van der Waals surface area contributed by atoms with Crippen LogP contribution in [0.4, 0.5) is 5.69 Å². The van der Waals surface area contributed by atoms with Crippen LogP contribution in [0.15, 0.2) is 18.2 Å². The summed E-state index contributed by atoms with van der Waals surface area (Å²) in [5.41, 5.74) is 6.74. The molecule has 8 N–H and O–H groups in total. The molecule has 0 aromatic heterocycles. The van der Waals surface area contributed by atoms with E-state index >= 15 is 0 Å². The number of ether oxygens (including phenoxy) is 1. The first-order chi connectivity index (χ1) is 22.4. The Kier molecular flexibility index (Phi) is 15.4. The number of benzene rings is 1. The number of nitro benzene ring substituents is 1. The maximum atomic E-state index is 13.4. The van der Waals surface area contributed by atoms with E-state index in [0.29, 0.717) is 6.42 Å². The lowest BCUT2D eigenvalue weighted by atomic mass is 10.0. The molecule has 0 saturated carbocycles. The summed E-state index contributed by atoms with van der Waals surface area (Å²) in [4.78, 5) is 95.2. The van der Waals surface area contributed by atoms with Gasteiger partial charge < -0.3 is 36.8 Å². The molecule has 1 aliphatic rings. The zero-order chi connectivity index (χ0) is 34.8. The molecule has 1 aromatic carbocycles. The van der Waals surface area contributed by atoms with Gasteiger partial charge in [0.15, 0.2) is 6.11 Å². The number of carboxylic acids is 1. The number of nitro groups is 1. The van der Waals surface area contributed by atoms with E-state index < -0.39 is 83.6 Å². The average Bonchev–Trinajstić information content (AvgIpc) is 3.02. The third-order valence-corrected chi connectivity index (χ3v) is 6.34. The van der Waals surface area contributed by atoms with Gasteiger partial charge in [0.05, 0.1) is 23.6 Å². The van der Waals surface area contributed by atoms with Crippen LogP contribution >= 0.6 is 0 Å². The highest BCUT2D eigenvalue weighted by Crippen LogP contribution is 2.25. The van der Waals surface area contributed by atoms with Gasteiger partial charge >= 0.3 is 5.97 Å². The molecule has 5 amide bonds. The summed E-state index contributed by atoms with van der Waals surface area (Å²) in [6, 6.07) is -1.01. The smallest absolute Gasteiger partial charge is 0.303 e. The number of carbonyl (C=O) groups is 6. The van der Waals surface area contributed by atoms with Crippen LogP contribution in [0.2, 0.25) is 0 Å². The topological polar surface area (TPSA) is 280 Å². The summed E-state index contributed by atoms with van der Waals surface area (Å²) >= 11 is 0. The first kappa shape index (κ1) is 37.3. The molecule has 1 heterocycles. The average molecular weight is 660 g/mol. The molecule has 0 fully saturated rings. The predicted octanol–water partition coefficient (Wildman–Crippen LogP) is -1.87. The Morgan fingerprint density at radius 2 is 1.85 bits per heavy atom. The lowest BCUT2D eigenvalue weighted by Crippen LogP contribution is -2.57. The number of carboxylic acid groups (broad SMARTS) is 1. The van der Waals surface area contributed by atoms with Crippen LogP contribution in [0.5, 0.6) is 5.75 Å². The first-order valence-electron chi connectivity index (χ1n) is 14.0. The molecule has 19 nitrogen and oxygen atoms in total. The standard InChI is InChI=1S/C28H33N7O12/c1-2-3-13-46-47-31-12-5-4-6-19-27(41)34-21(26(40)30-16-23(29)36)11-14-45-22-9-7-17(35(43)44)15-18(22)25(39)32-20(28(42)33-19)8-10-24(37)38/h1,7,9,15,19-21,31H,4-6,8,10-12,14,16H2,(H2,29,36)(H,30,40)(H,32,39)(H,33,42)(H,34,41)(H,37,38). The zero-order valence-corrected chi connectivity index (χ0v) is 24.9. The monoisotopic (exact) mass is 659 g/mol. The highest BCUT2D eigenvalue weighted by atomic mass is 17.3. The summed E-state index contributed by atoms with van der Waals surface area (Å²) < 4.78 is 5.65. The van der Waals surface area contributed by atoms with Crippen molar-refractivity contribution in [2.24, 2.45) is 5.73 Å². The molecule has 3 atom stereocenters. The van der Waals surface area contributed by atoms with Crippen LogP contribution in [0.25, 0.3) is 0 Å². The van der Waals surface area contributed by atoms with Crippen molar-refractivity contribution < 1.29 is 53.4 Å². The fourth-order valence-electron chi connectivity index (χ4n) is 4.06. The van der Waals surface area contributed by atoms with Crippen LogP contribution in [-0.2, 0) is 33.8 Å². The van der Waals surface area contributed by atoms with Crippen molar-refractivity contribution in [3.63, 3.8) is 0 Å². The largest absolute Gasteiger partial charge is 0.493 e. The van der Waals surface area contributed by atoms with Crippen LogP contribution < -0.4 is 37.2 Å². The van der Waals surface area contributed by atoms with Crippen LogP contribution in [0.3, 0.4) is 0 Å². The fourth-order valence-corrected chi connectivity index (χ4v) is 4.06. The van der Waals surface area contributed by atoms with Crippen LogP contribution in [0.1, 0.15) is 48.9 Å². The molecule has 0 spiro atoms. The summed E-state index contributed by atoms with van der Waals surface area (Å²) in [7, 11) is 0. The summed E-state index contributed by atoms with van der Waals surface area (Å²) in [5, 5.41) is 30.3. The molecule has 2 rings (SSSR count). The molecular formula is C28H33N7O12. The number of nitrogens with zero attached hydrogens (tertiary/aromatic N) is 1. The fraction of sp³-hybridized carbons (Fsp3) is 0.429. The van der Waals surface area contributed by atoms with E-state index in [1.54, 1.807) is 0 Å². The van der Waals surface area contributed by atoms with E-state index in [9.17, 15) is 44.0 Å². The summed E-state index contributed by atoms with van der Waals surface area (Å²) in [6.45, 7) is -0.637. The summed E-state index contributed by atoms with van der Waals surface area (Å²) in [5.74, 6) is -1.69. The van der Waals surface area contributed by atoms with Crippen LogP contribution in [0, 0.1) is 34.5 Å². The van der Waals surface area contributed by atoms with Gasteiger partial charge in [-0.2, -0.15) is 5.48 Å².